The van der Waals surface area contributed by atoms with E-state index in [1.807, 2.05) is 24.3 Å². The Kier molecular flexibility index (Phi) is 2.98. The number of nitrogens with one attached hydrogen (secondary N) is 1. The Morgan fingerprint density at radius 3 is 2.95 bits per heavy atom. The van der Waals surface area contributed by atoms with Crippen LogP contribution in [0.3, 0.4) is 0 Å². The molecule has 100 valence electrons. The van der Waals surface area contributed by atoms with Gasteiger partial charge in [-0.25, -0.2) is 0 Å². The normalized spacial score (nSPS) is 17.1. The minimum absolute atomic E-state index is 0.139. The van der Waals surface area contributed by atoms with E-state index in [1.54, 1.807) is 0 Å². The average molecular weight is 260 g/mol. The summed E-state index contributed by atoms with van der Waals surface area (Å²) >= 11 is 0. The summed E-state index contributed by atoms with van der Waals surface area (Å²) < 4.78 is 5.15. The first-order valence-corrected chi connectivity index (χ1v) is 6.49. The van der Waals surface area contributed by atoms with Gasteiger partial charge in [0.05, 0.1) is 12.0 Å². The zero-order chi connectivity index (χ0) is 13.3. The van der Waals surface area contributed by atoms with Crippen molar-refractivity contribution in [2.24, 2.45) is 0 Å². The van der Waals surface area contributed by atoms with Crippen molar-refractivity contribution in [3.8, 4) is 0 Å². The first-order valence-electron chi connectivity index (χ1n) is 6.49. The molecule has 2 N–H and O–H groups in total. The fourth-order valence-corrected chi connectivity index (χ4v) is 2.30. The molecule has 1 amide bonds. The molecule has 1 heterocycles. The van der Waals surface area contributed by atoms with Gasteiger partial charge in [0.25, 0.3) is 0 Å². The minimum atomic E-state index is -0.693. The number of para-hydroxylation sites is 1. The molecule has 0 atom stereocenters. The van der Waals surface area contributed by atoms with Crippen LogP contribution in [0.15, 0.2) is 28.8 Å². The van der Waals surface area contributed by atoms with E-state index in [0.717, 1.165) is 24.6 Å². The highest BCUT2D eigenvalue weighted by atomic mass is 16.5. The molecule has 5 heteroatoms. The number of aromatic nitrogens is 1. The van der Waals surface area contributed by atoms with Gasteiger partial charge in [-0.2, -0.15) is 0 Å². The van der Waals surface area contributed by atoms with Gasteiger partial charge in [-0.15, -0.1) is 0 Å². The number of carbonyl (C=O) groups excluding carboxylic acids is 1. The number of carbonyl (C=O) groups is 1. The molecule has 1 fully saturated rings. The van der Waals surface area contributed by atoms with Crippen LogP contribution >= 0.6 is 0 Å². The fourth-order valence-electron chi connectivity index (χ4n) is 2.30. The monoisotopic (exact) mass is 260 g/mol. The predicted octanol–water partition coefficient (Wildman–Crippen LogP) is 1.40. The van der Waals surface area contributed by atoms with Crippen molar-refractivity contribution in [1.29, 1.82) is 0 Å². The first kappa shape index (κ1) is 12.2. The number of rotatable bonds is 4. The minimum Gasteiger partial charge on any atom is -0.388 e. The zero-order valence-electron chi connectivity index (χ0n) is 10.6. The van der Waals surface area contributed by atoms with Gasteiger partial charge in [0.1, 0.15) is 5.69 Å². The van der Waals surface area contributed by atoms with Crippen LogP contribution in [-0.4, -0.2) is 28.3 Å². The largest absolute Gasteiger partial charge is 0.388 e. The highest BCUT2D eigenvalue weighted by Gasteiger charge is 2.34. The maximum atomic E-state index is 11.8. The molecule has 0 spiro atoms. The average Bonchev–Trinajstić information content (AvgIpc) is 2.78. The molecule has 1 aromatic heterocycles. The van der Waals surface area contributed by atoms with E-state index in [1.165, 1.54) is 0 Å². The lowest BCUT2D eigenvalue weighted by Gasteiger charge is -2.36. The Labute approximate surface area is 110 Å². The molecule has 1 aliphatic rings. The van der Waals surface area contributed by atoms with Crippen LogP contribution in [0.1, 0.15) is 25.0 Å². The summed E-state index contributed by atoms with van der Waals surface area (Å²) in [5.74, 6) is -0.139. The van der Waals surface area contributed by atoms with E-state index in [0.29, 0.717) is 17.8 Å². The quantitative estimate of drug-likeness (QED) is 0.871. The van der Waals surface area contributed by atoms with Crippen LogP contribution < -0.4 is 5.32 Å². The van der Waals surface area contributed by atoms with Crippen molar-refractivity contribution in [2.75, 3.05) is 6.54 Å². The standard InChI is InChI=1S/C14H16N2O3/c17-13(15-9-14(18)6-3-7-14)8-11-10-4-1-2-5-12(10)19-16-11/h1-2,4-5,18H,3,6-9H2,(H,15,17). The predicted molar refractivity (Wildman–Crippen MR) is 69.5 cm³/mol. The van der Waals surface area contributed by atoms with Crippen LogP contribution in [0, 0.1) is 0 Å². The zero-order valence-corrected chi connectivity index (χ0v) is 10.6. The van der Waals surface area contributed by atoms with Crippen LogP contribution in [0.25, 0.3) is 11.0 Å². The Hall–Kier alpha value is -1.88. The van der Waals surface area contributed by atoms with Crippen molar-refractivity contribution in [1.82, 2.24) is 10.5 Å². The van der Waals surface area contributed by atoms with E-state index >= 15 is 0 Å². The van der Waals surface area contributed by atoms with Crippen molar-refractivity contribution in [3.63, 3.8) is 0 Å². The first-order chi connectivity index (χ1) is 9.16. The molecule has 19 heavy (non-hydrogen) atoms. The maximum Gasteiger partial charge on any atom is 0.226 e. The van der Waals surface area contributed by atoms with Gasteiger partial charge in [0.2, 0.25) is 5.91 Å². The SMILES string of the molecule is O=C(Cc1noc2ccccc12)NCC1(O)CCC1. The number of benzene rings is 1. The lowest BCUT2D eigenvalue weighted by Crippen LogP contribution is -2.48. The molecule has 1 aliphatic carbocycles. The molecule has 0 unspecified atom stereocenters. The van der Waals surface area contributed by atoms with Gasteiger partial charge in [-0.1, -0.05) is 17.3 Å². The summed E-state index contributed by atoms with van der Waals surface area (Å²) in [5, 5.41) is 17.4. The molecule has 5 nitrogen and oxygen atoms in total. The third-order valence-electron chi connectivity index (χ3n) is 3.68. The third-order valence-corrected chi connectivity index (χ3v) is 3.68. The number of aliphatic hydroxyl groups is 1. The van der Waals surface area contributed by atoms with E-state index in [4.69, 9.17) is 4.52 Å². The molecule has 1 saturated carbocycles. The second-order valence-corrected chi connectivity index (χ2v) is 5.16. The Morgan fingerprint density at radius 2 is 2.21 bits per heavy atom. The van der Waals surface area contributed by atoms with Gasteiger partial charge in [-0.3, -0.25) is 4.79 Å². The molecule has 0 saturated heterocycles. The highest BCUT2D eigenvalue weighted by Crippen LogP contribution is 2.30. The third kappa shape index (κ3) is 2.46. The molecule has 0 radical (unpaired) electrons. The van der Waals surface area contributed by atoms with E-state index in [-0.39, 0.29) is 12.3 Å². The van der Waals surface area contributed by atoms with E-state index in [9.17, 15) is 9.90 Å². The lowest BCUT2D eigenvalue weighted by molar-refractivity contribution is -0.122. The summed E-state index contributed by atoms with van der Waals surface area (Å²) in [5.41, 5.74) is 0.623. The summed E-state index contributed by atoms with van der Waals surface area (Å²) in [6, 6.07) is 7.45. The second kappa shape index (κ2) is 4.66. The van der Waals surface area contributed by atoms with Gasteiger partial charge in [-0.05, 0) is 31.4 Å². The molecule has 3 rings (SSSR count). The number of amides is 1. The van der Waals surface area contributed by atoms with Crippen LogP contribution in [0.2, 0.25) is 0 Å². The highest BCUT2D eigenvalue weighted by molar-refractivity contribution is 5.86. The number of hydrogen-bond acceptors (Lipinski definition) is 4. The maximum absolute atomic E-state index is 11.8. The van der Waals surface area contributed by atoms with E-state index in [2.05, 4.69) is 10.5 Å². The molecule has 1 aromatic carbocycles. The molecule has 0 aliphatic heterocycles. The van der Waals surface area contributed by atoms with Crippen molar-refractivity contribution in [3.05, 3.63) is 30.0 Å². The van der Waals surface area contributed by atoms with Crippen molar-refractivity contribution < 1.29 is 14.4 Å². The fraction of sp³-hybridized carbons (Fsp3) is 0.429. The molecular weight excluding hydrogens is 244 g/mol. The topological polar surface area (TPSA) is 75.4 Å². The van der Waals surface area contributed by atoms with Crippen LogP contribution in [-0.2, 0) is 11.2 Å². The number of nitrogens with zero attached hydrogens (tertiary/aromatic N) is 1. The summed E-state index contributed by atoms with van der Waals surface area (Å²) in [6.07, 6.45) is 2.73. The van der Waals surface area contributed by atoms with Gasteiger partial charge >= 0.3 is 0 Å². The Balaban J connectivity index is 1.63. The van der Waals surface area contributed by atoms with Crippen molar-refractivity contribution >= 4 is 16.9 Å². The van der Waals surface area contributed by atoms with E-state index < -0.39 is 5.60 Å². The Bertz CT molecular complexity index is 602. The molecule has 0 bridgehead atoms. The molecular formula is C14H16N2O3. The molecule has 2 aromatic rings. The summed E-state index contributed by atoms with van der Waals surface area (Å²) in [7, 11) is 0. The van der Waals surface area contributed by atoms with Crippen LogP contribution in [0.4, 0.5) is 0 Å². The summed E-state index contributed by atoms with van der Waals surface area (Å²) in [4.78, 5) is 11.8. The lowest BCUT2D eigenvalue weighted by atomic mass is 9.80. The number of fused-ring (bicyclic) bond motifs is 1. The summed E-state index contributed by atoms with van der Waals surface area (Å²) in [6.45, 7) is 0.321. The van der Waals surface area contributed by atoms with Crippen molar-refractivity contribution in [2.45, 2.75) is 31.3 Å². The van der Waals surface area contributed by atoms with Gasteiger partial charge < -0.3 is 14.9 Å². The van der Waals surface area contributed by atoms with Crippen LogP contribution in [0.5, 0.6) is 0 Å². The van der Waals surface area contributed by atoms with Gasteiger partial charge in [0.15, 0.2) is 5.58 Å². The number of hydrogen-bond donors (Lipinski definition) is 2. The van der Waals surface area contributed by atoms with Gasteiger partial charge in [0, 0.05) is 11.9 Å². The smallest absolute Gasteiger partial charge is 0.226 e. The second-order valence-electron chi connectivity index (χ2n) is 5.16. The Morgan fingerprint density at radius 1 is 1.42 bits per heavy atom.